The van der Waals surface area contributed by atoms with E-state index in [-0.39, 0.29) is 110 Å². The molecule has 0 aromatic heterocycles. The number of aliphatic carboxylic acids is 6. The third-order valence-corrected chi connectivity index (χ3v) is 10.2. The molecule has 0 radical (unpaired) electrons. The van der Waals surface area contributed by atoms with Gasteiger partial charge < -0.3 is 62.1 Å². The highest BCUT2D eigenvalue weighted by Crippen LogP contribution is 2.15. The molecule has 0 aliphatic heterocycles. The van der Waals surface area contributed by atoms with Crippen molar-refractivity contribution in [3.63, 3.8) is 0 Å². The first-order chi connectivity index (χ1) is 30.8. The van der Waals surface area contributed by atoms with Crippen molar-refractivity contribution in [3.05, 3.63) is 68.8 Å². The number of carbonyl (C=O) groups excluding carboxylic acids is 3. The summed E-state index contributed by atoms with van der Waals surface area (Å²) in [6, 6.07) is 10.1. The molecule has 0 aliphatic carbocycles. The Balaban J connectivity index is 2.06. The van der Waals surface area contributed by atoms with Crippen LogP contribution in [-0.4, -0.2) is 183 Å². The molecule has 0 bridgehead atoms. The Morgan fingerprint density at radius 1 is 0.569 bits per heavy atom. The normalized spacial score (nSPS) is 11.9. The van der Waals surface area contributed by atoms with Crippen LogP contribution < -0.4 is 26.6 Å². The maximum Gasteiger partial charge on any atom is 0.326 e. The van der Waals surface area contributed by atoms with Gasteiger partial charge in [0.1, 0.15) is 12.1 Å². The van der Waals surface area contributed by atoms with E-state index in [1.807, 2.05) is 24.3 Å². The minimum atomic E-state index is -1.55. The topological polar surface area (TPSA) is 345 Å². The number of amides is 4. The number of carboxylic acid groups (broad SMARTS) is 6. The van der Waals surface area contributed by atoms with Crippen molar-refractivity contribution in [1.82, 2.24) is 41.3 Å². The Labute approximate surface area is 388 Å². The van der Waals surface area contributed by atoms with Crippen LogP contribution in [0, 0.1) is 3.57 Å². The molecule has 2 aromatic carbocycles. The van der Waals surface area contributed by atoms with Crippen LogP contribution in [-0.2, 0) is 46.7 Å². The van der Waals surface area contributed by atoms with Crippen LogP contribution in [0.5, 0.6) is 0 Å². The lowest BCUT2D eigenvalue weighted by Crippen LogP contribution is -2.51. The van der Waals surface area contributed by atoms with E-state index >= 15 is 0 Å². The number of unbranched alkanes of at least 4 members (excludes halogenated alkanes) is 1. The van der Waals surface area contributed by atoms with Gasteiger partial charge in [-0.3, -0.25) is 38.6 Å². The van der Waals surface area contributed by atoms with Crippen LogP contribution in [0.25, 0.3) is 0 Å². The van der Waals surface area contributed by atoms with Crippen LogP contribution in [0.4, 0.5) is 4.79 Å². The first-order valence-electron chi connectivity index (χ1n) is 20.5. The molecule has 24 heteroatoms. The molecule has 0 fully saturated rings. The van der Waals surface area contributed by atoms with Gasteiger partial charge >= 0.3 is 41.8 Å². The van der Waals surface area contributed by atoms with Gasteiger partial charge in [0.25, 0.3) is 5.91 Å². The second kappa shape index (κ2) is 30.2. The molecular formula is C41H57IN8O15. The number of carbonyl (C=O) groups is 9. The largest absolute Gasteiger partial charge is 0.481 e. The molecular weight excluding hydrogens is 971 g/mol. The van der Waals surface area contributed by atoms with Gasteiger partial charge in [0.2, 0.25) is 5.91 Å². The molecule has 11 N–H and O–H groups in total. The summed E-state index contributed by atoms with van der Waals surface area (Å²) in [5, 5.41) is 67.6. The van der Waals surface area contributed by atoms with Crippen molar-refractivity contribution in [2.45, 2.75) is 57.3 Å². The molecule has 4 amide bonds. The maximum atomic E-state index is 13.9. The quantitative estimate of drug-likeness (QED) is 0.0320. The van der Waals surface area contributed by atoms with Gasteiger partial charge in [-0.15, -0.1) is 0 Å². The first kappa shape index (κ1) is 55.2. The minimum absolute atomic E-state index is 0.0575. The summed E-state index contributed by atoms with van der Waals surface area (Å²) in [4.78, 5) is 112. The highest BCUT2D eigenvalue weighted by molar-refractivity contribution is 14.1. The molecule has 0 unspecified atom stereocenters. The number of hydrogen-bond acceptors (Lipinski definition) is 13. The Morgan fingerprint density at radius 2 is 1.09 bits per heavy atom. The summed E-state index contributed by atoms with van der Waals surface area (Å²) in [5.74, 6) is -8.02. The summed E-state index contributed by atoms with van der Waals surface area (Å²) in [6.45, 7) is 0.900. The summed E-state index contributed by atoms with van der Waals surface area (Å²) in [5.41, 5.74) is 1.85. The van der Waals surface area contributed by atoms with Gasteiger partial charge in [-0.2, -0.15) is 0 Å². The van der Waals surface area contributed by atoms with Crippen molar-refractivity contribution in [3.8, 4) is 0 Å². The van der Waals surface area contributed by atoms with Gasteiger partial charge in [-0.25, -0.2) is 14.4 Å². The van der Waals surface area contributed by atoms with E-state index in [1.54, 1.807) is 39.0 Å². The van der Waals surface area contributed by atoms with E-state index in [2.05, 4.69) is 49.2 Å². The summed E-state index contributed by atoms with van der Waals surface area (Å²) in [7, 11) is 0. The predicted molar refractivity (Wildman–Crippen MR) is 239 cm³/mol. The molecule has 0 saturated carbocycles. The molecule has 0 saturated heterocycles. The van der Waals surface area contributed by atoms with E-state index < -0.39 is 66.8 Å². The van der Waals surface area contributed by atoms with E-state index in [0.29, 0.717) is 17.5 Å². The number of benzene rings is 2. The standard InChI is InChI=1S/C41H57IN8O15/c42-30-10-6-28(7-11-30)24-50(16-2-1-3-31(39(61)62)46-41(65)47-32(40(63)64)12-13-34(52)53)38(60)29-8-4-27(5-9-29)21-45-33(51)25-48(17-14-43-22-35(54)55)19-20-49(26-37(58)59)18-15-44-23-36(56)57/h4-11,31-32,43-44H,1-3,12-26H2,(H,45,51)(H,52,53)(H,54,55)(H,56,57)(H,58,59)(H,61,62)(H,63,64)(H2,46,47,65)/t31-,32-/m1/s1. The van der Waals surface area contributed by atoms with Crippen LogP contribution in [0.2, 0.25) is 0 Å². The van der Waals surface area contributed by atoms with Gasteiger partial charge in [-0.1, -0.05) is 24.3 Å². The highest BCUT2D eigenvalue weighted by Gasteiger charge is 2.25. The number of urea groups is 1. The Bertz CT molecular complexity index is 1910. The molecule has 0 spiro atoms. The van der Waals surface area contributed by atoms with Gasteiger partial charge in [0.05, 0.1) is 26.2 Å². The van der Waals surface area contributed by atoms with Crippen LogP contribution in [0.15, 0.2) is 48.5 Å². The lowest BCUT2D eigenvalue weighted by Gasteiger charge is -2.26. The molecule has 23 nitrogen and oxygen atoms in total. The lowest BCUT2D eigenvalue weighted by atomic mass is 10.1. The van der Waals surface area contributed by atoms with Gasteiger partial charge in [0.15, 0.2) is 0 Å². The third-order valence-electron chi connectivity index (χ3n) is 9.51. The number of halogens is 1. The fraction of sp³-hybridized carbons (Fsp3) is 0.488. The number of rotatable bonds is 34. The second-order valence-electron chi connectivity index (χ2n) is 14.7. The zero-order chi connectivity index (χ0) is 48.3. The number of nitrogens with one attached hydrogen (secondary N) is 5. The fourth-order valence-electron chi connectivity index (χ4n) is 6.14. The molecule has 65 heavy (non-hydrogen) atoms. The predicted octanol–water partition coefficient (Wildman–Crippen LogP) is -0.172. The van der Waals surface area contributed by atoms with E-state index in [0.717, 1.165) is 9.13 Å². The average Bonchev–Trinajstić information content (AvgIpc) is 3.24. The van der Waals surface area contributed by atoms with Crippen molar-refractivity contribution in [2.24, 2.45) is 0 Å². The maximum absolute atomic E-state index is 13.9. The zero-order valence-corrected chi connectivity index (χ0v) is 37.7. The van der Waals surface area contributed by atoms with Crippen LogP contribution in [0.1, 0.15) is 53.6 Å². The number of nitrogens with zero attached hydrogens (tertiary/aromatic N) is 3. The highest BCUT2D eigenvalue weighted by atomic mass is 127. The third kappa shape index (κ3) is 24.6. The van der Waals surface area contributed by atoms with E-state index in [9.17, 15) is 58.5 Å². The molecule has 358 valence electrons. The van der Waals surface area contributed by atoms with Crippen LogP contribution >= 0.6 is 22.6 Å². The van der Waals surface area contributed by atoms with Crippen molar-refractivity contribution in [2.75, 3.05) is 72.0 Å². The lowest BCUT2D eigenvalue weighted by molar-refractivity contribution is -0.141. The number of hydrogen-bond donors (Lipinski definition) is 11. The Hall–Kier alpha value is -5.96. The molecule has 2 rings (SSSR count). The minimum Gasteiger partial charge on any atom is -0.481 e. The molecule has 0 heterocycles. The van der Waals surface area contributed by atoms with E-state index in [4.69, 9.17) is 15.3 Å². The van der Waals surface area contributed by atoms with Gasteiger partial charge in [0, 0.05) is 74.5 Å². The van der Waals surface area contributed by atoms with Gasteiger partial charge in [-0.05, 0) is 83.7 Å². The SMILES string of the molecule is O=C(O)CC[C@@H](NC(=O)N[C@H](CCCCN(Cc1ccc(I)cc1)C(=O)c1ccc(CNC(=O)CN(CCNCC(=O)O)CCN(CCNCC(=O)O)CC(=O)O)cc1)C(=O)O)C(=O)O. The average molecular weight is 1030 g/mol. The summed E-state index contributed by atoms with van der Waals surface area (Å²) < 4.78 is 0.988. The Morgan fingerprint density at radius 3 is 1.60 bits per heavy atom. The first-order valence-corrected chi connectivity index (χ1v) is 21.6. The molecule has 2 aromatic rings. The molecule has 2 atom stereocenters. The fourth-order valence-corrected chi connectivity index (χ4v) is 6.50. The van der Waals surface area contributed by atoms with Crippen molar-refractivity contribution in [1.29, 1.82) is 0 Å². The van der Waals surface area contributed by atoms with Crippen LogP contribution in [0.3, 0.4) is 0 Å². The number of carboxylic acids is 6. The van der Waals surface area contributed by atoms with Crippen molar-refractivity contribution >= 4 is 76.3 Å². The zero-order valence-electron chi connectivity index (χ0n) is 35.6. The summed E-state index contributed by atoms with van der Waals surface area (Å²) in [6.07, 6.45) is -0.413. The second-order valence-corrected chi connectivity index (χ2v) is 16.0. The van der Waals surface area contributed by atoms with E-state index in [1.165, 1.54) is 0 Å². The summed E-state index contributed by atoms with van der Waals surface area (Å²) >= 11 is 2.16. The smallest absolute Gasteiger partial charge is 0.326 e. The Kier molecular flexibility index (Phi) is 25.7. The van der Waals surface area contributed by atoms with Crippen molar-refractivity contribution < 1.29 is 73.8 Å². The molecule has 0 aliphatic rings. The monoisotopic (exact) mass is 1030 g/mol.